The molecule has 0 aromatic heterocycles. The van der Waals surface area contributed by atoms with E-state index in [1.54, 1.807) is 19.2 Å². The Morgan fingerprint density at radius 3 is 2.29 bits per heavy atom. The first-order valence-corrected chi connectivity index (χ1v) is 9.41. The van der Waals surface area contributed by atoms with Crippen LogP contribution in [0.15, 0.2) is 54.1 Å². The van der Waals surface area contributed by atoms with Gasteiger partial charge in [-0.3, -0.25) is 9.59 Å². The van der Waals surface area contributed by atoms with Gasteiger partial charge in [0.25, 0.3) is 11.7 Å². The topological polar surface area (TPSA) is 66.8 Å². The van der Waals surface area contributed by atoms with Crippen molar-refractivity contribution in [2.45, 2.75) is 26.3 Å². The van der Waals surface area contributed by atoms with Crippen molar-refractivity contribution in [3.8, 4) is 0 Å². The average Bonchev–Trinajstić information content (AvgIpc) is 2.97. The first-order valence-electron chi connectivity index (χ1n) is 9.41. The number of benzene rings is 2. The second-order valence-electron chi connectivity index (χ2n) is 6.95. The SMILES string of the molecule is CCc1ccc(C2/C(=C(/O)c3ccc(C)cc3)C(=O)C(=O)N2CCOC)cc1. The molecule has 0 saturated carbocycles. The quantitative estimate of drug-likeness (QED) is 0.473. The maximum atomic E-state index is 12.8. The zero-order valence-corrected chi connectivity index (χ0v) is 16.4. The van der Waals surface area contributed by atoms with Crippen LogP contribution < -0.4 is 0 Å². The van der Waals surface area contributed by atoms with Crippen LogP contribution in [-0.2, 0) is 20.7 Å². The van der Waals surface area contributed by atoms with Crippen molar-refractivity contribution in [2.75, 3.05) is 20.3 Å². The monoisotopic (exact) mass is 379 g/mol. The first-order chi connectivity index (χ1) is 13.5. The van der Waals surface area contributed by atoms with Crippen molar-refractivity contribution in [2.24, 2.45) is 0 Å². The van der Waals surface area contributed by atoms with E-state index in [1.165, 1.54) is 4.90 Å². The summed E-state index contributed by atoms with van der Waals surface area (Å²) in [6, 6.07) is 14.4. The molecule has 1 atom stereocenters. The molecule has 1 saturated heterocycles. The summed E-state index contributed by atoms with van der Waals surface area (Å²) in [5.41, 5.74) is 3.64. The highest BCUT2D eigenvalue weighted by atomic mass is 16.5. The van der Waals surface area contributed by atoms with Gasteiger partial charge in [-0.05, 0) is 24.5 Å². The number of hydrogen-bond donors (Lipinski definition) is 1. The fraction of sp³-hybridized carbons (Fsp3) is 0.304. The third-order valence-corrected chi connectivity index (χ3v) is 5.10. The third kappa shape index (κ3) is 3.71. The lowest BCUT2D eigenvalue weighted by atomic mass is 9.94. The number of carbonyl (C=O) groups excluding carboxylic acids is 2. The molecule has 3 rings (SSSR count). The molecular formula is C23H25NO4. The number of ketones is 1. The Kier molecular flexibility index (Phi) is 5.95. The molecule has 0 radical (unpaired) electrons. The van der Waals surface area contributed by atoms with Crippen LogP contribution in [0.2, 0.25) is 0 Å². The molecular weight excluding hydrogens is 354 g/mol. The van der Waals surface area contributed by atoms with Gasteiger partial charge in [0.1, 0.15) is 5.76 Å². The summed E-state index contributed by atoms with van der Waals surface area (Å²) < 4.78 is 5.12. The third-order valence-electron chi connectivity index (χ3n) is 5.10. The van der Waals surface area contributed by atoms with Gasteiger partial charge in [0.15, 0.2) is 0 Å². The molecule has 1 amide bonds. The van der Waals surface area contributed by atoms with Crippen molar-refractivity contribution >= 4 is 17.4 Å². The van der Waals surface area contributed by atoms with Crippen LogP contribution in [0.5, 0.6) is 0 Å². The van der Waals surface area contributed by atoms with Gasteiger partial charge in [0, 0.05) is 19.2 Å². The van der Waals surface area contributed by atoms with Gasteiger partial charge in [-0.15, -0.1) is 0 Å². The molecule has 2 aromatic rings. The first kappa shape index (κ1) is 19.8. The molecule has 0 spiro atoms. The normalized spacial score (nSPS) is 18.7. The fourth-order valence-corrected chi connectivity index (χ4v) is 3.45. The number of ether oxygens (including phenoxy) is 1. The van der Waals surface area contributed by atoms with E-state index in [0.29, 0.717) is 12.2 Å². The zero-order chi connectivity index (χ0) is 20.3. The summed E-state index contributed by atoms with van der Waals surface area (Å²) in [5.74, 6) is -1.43. The number of likely N-dealkylation sites (tertiary alicyclic amines) is 1. The van der Waals surface area contributed by atoms with E-state index in [0.717, 1.165) is 23.1 Å². The van der Waals surface area contributed by atoms with E-state index in [-0.39, 0.29) is 17.9 Å². The maximum absolute atomic E-state index is 12.8. The standard InChI is InChI=1S/C23H25NO4/c1-4-16-7-11-17(12-8-16)20-19(21(25)18-9-5-15(2)6-10-18)22(26)23(27)24(20)13-14-28-3/h5-12,20,25H,4,13-14H2,1-3H3/b21-19-. The molecule has 28 heavy (non-hydrogen) atoms. The Balaban J connectivity index is 2.13. The lowest BCUT2D eigenvalue weighted by Gasteiger charge is -2.25. The van der Waals surface area contributed by atoms with Crippen molar-refractivity contribution in [1.82, 2.24) is 4.90 Å². The molecule has 1 aliphatic rings. The molecule has 5 heteroatoms. The number of amides is 1. The van der Waals surface area contributed by atoms with Crippen molar-refractivity contribution in [3.63, 3.8) is 0 Å². The molecule has 1 heterocycles. The van der Waals surface area contributed by atoms with E-state index in [9.17, 15) is 14.7 Å². The van der Waals surface area contributed by atoms with Gasteiger partial charge in [-0.2, -0.15) is 0 Å². The van der Waals surface area contributed by atoms with Crippen LogP contribution in [0.3, 0.4) is 0 Å². The van der Waals surface area contributed by atoms with Gasteiger partial charge in [0.2, 0.25) is 0 Å². The molecule has 0 aliphatic carbocycles. The largest absolute Gasteiger partial charge is 0.507 e. The fourth-order valence-electron chi connectivity index (χ4n) is 3.45. The number of rotatable bonds is 6. The van der Waals surface area contributed by atoms with Crippen LogP contribution in [0.25, 0.3) is 5.76 Å². The van der Waals surface area contributed by atoms with Crippen LogP contribution in [-0.4, -0.2) is 42.0 Å². The van der Waals surface area contributed by atoms with E-state index < -0.39 is 17.7 Å². The van der Waals surface area contributed by atoms with Gasteiger partial charge >= 0.3 is 0 Å². The number of methoxy groups -OCH3 is 1. The minimum Gasteiger partial charge on any atom is -0.507 e. The molecule has 1 unspecified atom stereocenters. The molecule has 0 bridgehead atoms. The Hall–Kier alpha value is -2.92. The van der Waals surface area contributed by atoms with Gasteiger partial charge in [-0.25, -0.2) is 0 Å². The van der Waals surface area contributed by atoms with Crippen LogP contribution >= 0.6 is 0 Å². The molecule has 146 valence electrons. The van der Waals surface area contributed by atoms with Crippen LogP contribution in [0, 0.1) is 6.92 Å². The summed E-state index contributed by atoms with van der Waals surface area (Å²) >= 11 is 0. The van der Waals surface area contributed by atoms with E-state index >= 15 is 0 Å². The molecule has 1 N–H and O–H groups in total. The van der Waals surface area contributed by atoms with Crippen molar-refractivity contribution in [1.29, 1.82) is 0 Å². The lowest BCUT2D eigenvalue weighted by Crippen LogP contribution is -2.32. The Morgan fingerprint density at radius 2 is 1.71 bits per heavy atom. The molecule has 1 aliphatic heterocycles. The second kappa shape index (κ2) is 8.40. The van der Waals surface area contributed by atoms with Gasteiger partial charge in [-0.1, -0.05) is 61.0 Å². The van der Waals surface area contributed by atoms with Gasteiger partial charge in [0.05, 0.1) is 18.2 Å². The smallest absolute Gasteiger partial charge is 0.295 e. The highest BCUT2D eigenvalue weighted by Crippen LogP contribution is 2.39. The number of aliphatic hydroxyl groups excluding tert-OH is 1. The van der Waals surface area contributed by atoms with Crippen molar-refractivity contribution < 1.29 is 19.4 Å². The van der Waals surface area contributed by atoms with E-state index in [1.807, 2.05) is 43.3 Å². The van der Waals surface area contributed by atoms with E-state index in [4.69, 9.17) is 4.74 Å². The maximum Gasteiger partial charge on any atom is 0.295 e. The number of carbonyl (C=O) groups is 2. The zero-order valence-electron chi connectivity index (χ0n) is 16.4. The predicted octanol–water partition coefficient (Wildman–Crippen LogP) is 3.63. The molecule has 1 fully saturated rings. The summed E-state index contributed by atoms with van der Waals surface area (Å²) in [6.07, 6.45) is 0.896. The number of hydrogen-bond acceptors (Lipinski definition) is 4. The average molecular weight is 379 g/mol. The van der Waals surface area contributed by atoms with Crippen LogP contribution in [0.4, 0.5) is 0 Å². The van der Waals surface area contributed by atoms with Crippen molar-refractivity contribution in [3.05, 3.63) is 76.4 Å². The highest BCUT2D eigenvalue weighted by molar-refractivity contribution is 6.46. The minimum absolute atomic E-state index is 0.120. The number of nitrogens with zero attached hydrogens (tertiary/aromatic N) is 1. The van der Waals surface area contributed by atoms with E-state index in [2.05, 4.69) is 6.92 Å². The highest BCUT2D eigenvalue weighted by Gasteiger charge is 2.45. The van der Waals surface area contributed by atoms with Crippen LogP contribution in [0.1, 0.15) is 35.2 Å². The minimum atomic E-state index is -0.668. The summed E-state index contributed by atoms with van der Waals surface area (Å²) in [7, 11) is 1.55. The predicted molar refractivity (Wildman–Crippen MR) is 108 cm³/mol. The molecule has 2 aromatic carbocycles. The van der Waals surface area contributed by atoms with Gasteiger partial charge < -0.3 is 14.7 Å². The number of aryl methyl sites for hydroxylation is 2. The summed E-state index contributed by atoms with van der Waals surface area (Å²) in [4.78, 5) is 27.0. The Bertz CT molecular complexity index is 897. The Morgan fingerprint density at radius 1 is 1.07 bits per heavy atom. The second-order valence-corrected chi connectivity index (χ2v) is 6.95. The lowest BCUT2D eigenvalue weighted by molar-refractivity contribution is -0.140. The molecule has 5 nitrogen and oxygen atoms in total. The summed E-state index contributed by atoms with van der Waals surface area (Å²) in [5, 5.41) is 10.9. The Labute approximate surface area is 165 Å². The summed E-state index contributed by atoms with van der Waals surface area (Å²) in [6.45, 7) is 4.59. The number of Topliss-reactive ketones (excluding diaryl/α,β-unsaturated/α-hetero) is 1. The number of aliphatic hydroxyl groups is 1.